The second kappa shape index (κ2) is 9.31. The van der Waals surface area contributed by atoms with Crippen molar-refractivity contribution in [3.63, 3.8) is 0 Å². The van der Waals surface area contributed by atoms with Gasteiger partial charge in [-0.2, -0.15) is 13.2 Å². The second-order valence-electron chi connectivity index (χ2n) is 11.5. The Morgan fingerprint density at radius 1 is 1.16 bits per heavy atom. The van der Waals surface area contributed by atoms with Gasteiger partial charge in [-0.3, -0.25) is 9.78 Å². The Balaban J connectivity index is 1.11. The van der Waals surface area contributed by atoms with Gasteiger partial charge in [-0.05, 0) is 68.9 Å². The van der Waals surface area contributed by atoms with Gasteiger partial charge in [-0.1, -0.05) is 6.42 Å². The molecule has 3 atom stereocenters. The zero-order chi connectivity index (χ0) is 25.8. The highest BCUT2D eigenvalue weighted by Crippen LogP contribution is 2.56. The minimum absolute atomic E-state index is 0.115. The van der Waals surface area contributed by atoms with Crippen LogP contribution in [-0.4, -0.2) is 44.5 Å². The van der Waals surface area contributed by atoms with E-state index in [2.05, 4.69) is 15.3 Å². The van der Waals surface area contributed by atoms with Crippen molar-refractivity contribution in [2.24, 2.45) is 11.3 Å². The molecule has 1 aliphatic heterocycles. The van der Waals surface area contributed by atoms with Crippen LogP contribution in [0.2, 0.25) is 0 Å². The first-order valence-electron chi connectivity index (χ1n) is 13.4. The number of halogens is 3. The molecule has 0 aromatic carbocycles. The summed E-state index contributed by atoms with van der Waals surface area (Å²) in [6, 6.07) is 1.73. The summed E-state index contributed by atoms with van der Waals surface area (Å²) < 4.78 is 39.7. The van der Waals surface area contributed by atoms with Gasteiger partial charge in [0.05, 0.1) is 11.0 Å². The van der Waals surface area contributed by atoms with Crippen LogP contribution >= 0.6 is 11.3 Å². The number of nitrogens with one attached hydrogen (secondary N) is 1. The highest BCUT2D eigenvalue weighted by atomic mass is 32.1. The number of alkyl halides is 3. The van der Waals surface area contributed by atoms with Crippen molar-refractivity contribution >= 4 is 17.2 Å². The molecule has 3 heterocycles. The largest absolute Gasteiger partial charge is 0.417 e. The number of thiazole rings is 1. The maximum Gasteiger partial charge on any atom is 0.417 e. The van der Waals surface area contributed by atoms with Gasteiger partial charge in [-0.25, -0.2) is 4.98 Å². The molecular formula is C27H33F3N4O2S. The third-order valence-corrected chi connectivity index (χ3v) is 10.3. The fourth-order valence-electron chi connectivity index (χ4n) is 7.45. The van der Waals surface area contributed by atoms with Gasteiger partial charge in [0.15, 0.2) is 0 Å². The number of carbonyl (C=O) groups is 1. The van der Waals surface area contributed by atoms with Gasteiger partial charge in [-0.15, -0.1) is 11.3 Å². The van der Waals surface area contributed by atoms with Crippen LogP contribution in [0.4, 0.5) is 13.2 Å². The van der Waals surface area contributed by atoms with E-state index in [0.29, 0.717) is 49.0 Å². The standard InChI is InChI=1S/C27H33F3N4O2S/c28-27(29,30)19-12-17-16-34(10-5-22(17)32-15-19)24(35)25-6-1-2-18(25)13-21(14-25)33-20-3-7-26(36,8-4-20)23-31-9-11-37-23/h9,11-12,15,18,20-21,33,36H,1-8,10,13-14,16H2/t18-,20-,21-,25-,26+/m1/s1. The van der Waals surface area contributed by atoms with Crippen LogP contribution in [0.3, 0.4) is 0 Å². The number of fused-ring (bicyclic) bond motifs is 2. The number of pyridine rings is 1. The maximum atomic E-state index is 14.0. The van der Waals surface area contributed by atoms with Crippen molar-refractivity contribution in [1.29, 1.82) is 0 Å². The predicted molar refractivity (Wildman–Crippen MR) is 133 cm³/mol. The molecule has 37 heavy (non-hydrogen) atoms. The summed E-state index contributed by atoms with van der Waals surface area (Å²) >= 11 is 1.50. The summed E-state index contributed by atoms with van der Waals surface area (Å²) in [4.78, 5) is 24.1. The van der Waals surface area contributed by atoms with Crippen LogP contribution < -0.4 is 5.32 Å². The lowest BCUT2D eigenvalue weighted by molar-refractivity contribution is -0.144. The van der Waals surface area contributed by atoms with E-state index in [4.69, 9.17) is 0 Å². The average Bonchev–Trinajstić information content (AvgIpc) is 3.61. The zero-order valence-electron chi connectivity index (χ0n) is 20.8. The van der Waals surface area contributed by atoms with Crippen molar-refractivity contribution < 1.29 is 23.1 Å². The first-order chi connectivity index (χ1) is 17.7. The molecule has 0 radical (unpaired) electrons. The Labute approximate surface area is 218 Å². The molecule has 0 spiro atoms. The first-order valence-corrected chi connectivity index (χ1v) is 14.3. The third-order valence-electron chi connectivity index (χ3n) is 9.33. The molecule has 2 N–H and O–H groups in total. The average molecular weight is 535 g/mol. The summed E-state index contributed by atoms with van der Waals surface area (Å²) in [5, 5.41) is 17.6. The van der Waals surface area contributed by atoms with E-state index in [1.807, 2.05) is 5.38 Å². The van der Waals surface area contributed by atoms with Crippen molar-refractivity contribution in [2.45, 2.75) is 94.6 Å². The highest BCUT2D eigenvalue weighted by Gasteiger charge is 2.56. The van der Waals surface area contributed by atoms with Crippen LogP contribution in [0.25, 0.3) is 0 Å². The Morgan fingerprint density at radius 2 is 1.97 bits per heavy atom. The molecule has 3 saturated carbocycles. The molecule has 1 amide bonds. The van der Waals surface area contributed by atoms with Gasteiger partial charge in [0, 0.05) is 55.1 Å². The molecular weight excluding hydrogens is 501 g/mol. The number of aromatic nitrogens is 2. The smallest absolute Gasteiger partial charge is 0.383 e. The molecule has 3 aliphatic carbocycles. The summed E-state index contributed by atoms with van der Waals surface area (Å²) in [6.07, 6.45) is 6.45. The summed E-state index contributed by atoms with van der Waals surface area (Å²) in [7, 11) is 0. The summed E-state index contributed by atoms with van der Waals surface area (Å²) in [6.45, 7) is 0.713. The SMILES string of the molecule is O=C(N1CCc2ncc(C(F)(F)F)cc2C1)[C@@]12CCC[C@@H]1C[C@@H](N[C@H]1CC[C@](O)(c3nccs3)CC1)C2. The van der Waals surface area contributed by atoms with E-state index in [9.17, 15) is 23.1 Å². The molecule has 0 saturated heterocycles. The molecule has 0 unspecified atom stereocenters. The molecule has 2 aromatic rings. The predicted octanol–water partition coefficient (Wildman–Crippen LogP) is 4.81. The molecule has 4 aliphatic rings. The van der Waals surface area contributed by atoms with Crippen LogP contribution in [0, 0.1) is 11.3 Å². The van der Waals surface area contributed by atoms with Gasteiger partial charge in [0.1, 0.15) is 10.6 Å². The second-order valence-corrected chi connectivity index (χ2v) is 12.4. The number of carbonyl (C=O) groups excluding carboxylic acids is 1. The molecule has 3 fully saturated rings. The molecule has 2 aromatic heterocycles. The Kier molecular flexibility index (Phi) is 6.35. The van der Waals surface area contributed by atoms with Crippen molar-refractivity contribution in [2.75, 3.05) is 6.54 Å². The molecule has 200 valence electrons. The minimum atomic E-state index is -4.44. The van der Waals surface area contributed by atoms with E-state index < -0.39 is 22.8 Å². The van der Waals surface area contributed by atoms with E-state index in [1.54, 1.807) is 11.1 Å². The molecule has 10 heteroatoms. The third kappa shape index (κ3) is 4.59. The number of hydrogen-bond donors (Lipinski definition) is 2. The topological polar surface area (TPSA) is 78.4 Å². The Bertz CT molecular complexity index is 1150. The number of hydrogen-bond acceptors (Lipinski definition) is 6. The quantitative estimate of drug-likeness (QED) is 0.589. The Hall–Kier alpha value is -2.04. The number of aliphatic hydroxyl groups is 1. The van der Waals surface area contributed by atoms with E-state index >= 15 is 0 Å². The maximum absolute atomic E-state index is 14.0. The van der Waals surface area contributed by atoms with Crippen LogP contribution in [0.1, 0.15) is 79.6 Å². The fraction of sp³-hybridized carbons (Fsp3) is 0.667. The fourth-order valence-corrected chi connectivity index (χ4v) is 8.25. The van der Waals surface area contributed by atoms with Crippen LogP contribution in [0.5, 0.6) is 0 Å². The van der Waals surface area contributed by atoms with Crippen molar-refractivity contribution in [3.05, 3.63) is 45.7 Å². The monoisotopic (exact) mass is 534 g/mol. The van der Waals surface area contributed by atoms with Gasteiger partial charge < -0.3 is 15.3 Å². The van der Waals surface area contributed by atoms with Gasteiger partial charge >= 0.3 is 6.18 Å². The molecule has 6 nitrogen and oxygen atoms in total. The van der Waals surface area contributed by atoms with Crippen molar-refractivity contribution in [3.8, 4) is 0 Å². The first kappa shape index (κ1) is 25.2. The number of amides is 1. The van der Waals surface area contributed by atoms with Crippen LogP contribution in [-0.2, 0) is 29.5 Å². The lowest BCUT2D eigenvalue weighted by atomic mass is 9.78. The number of rotatable bonds is 4. The number of nitrogens with zero attached hydrogens (tertiary/aromatic N) is 3. The normalized spacial score (nSPS) is 33.8. The van der Waals surface area contributed by atoms with E-state index in [0.717, 1.165) is 56.2 Å². The zero-order valence-corrected chi connectivity index (χ0v) is 21.6. The van der Waals surface area contributed by atoms with Crippen LogP contribution in [0.15, 0.2) is 23.8 Å². The lowest BCUT2D eigenvalue weighted by Crippen LogP contribution is -2.47. The molecule has 0 bridgehead atoms. The lowest BCUT2D eigenvalue weighted by Gasteiger charge is -2.38. The van der Waals surface area contributed by atoms with Crippen molar-refractivity contribution in [1.82, 2.24) is 20.2 Å². The Morgan fingerprint density at radius 3 is 2.70 bits per heavy atom. The highest BCUT2D eigenvalue weighted by molar-refractivity contribution is 7.09. The minimum Gasteiger partial charge on any atom is -0.383 e. The van der Waals surface area contributed by atoms with E-state index in [1.165, 1.54) is 17.4 Å². The van der Waals surface area contributed by atoms with Gasteiger partial charge in [0.25, 0.3) is 0 Å². The molecule has 6 rings (SSSR count). The van der Waals surface area contributed by atoms with Gasteiger partial charge in [0.2, 0.25) is 5.91 Å². The summed E-state index contributed by atoms with van der Waals surface area (Å²) in [5.74, 6) is 0.429. The van der Waals surface area contributed by atoms with E-state index in [-0.39, 0.29) is 18.5 Å². The summed E-state index contributed by atoms with van der Waals surface area (Å²) in [5.41, 5.74) is -0.819.